The molecule has 1 aromatic carbocycles. The molecule has 0 aliphatic rings. The third-order valence-corrected chi connectivity index (χ3v) is 8.32. The lowest BCUT2D eigenvalue weighted by atomic mass is 10.4. The SMILES string of the molecule is Brc1ccc(Br)c(Sc2ccsc2)c1Sc1ccsc1. The minimum Gasteiger partial charge on any atom is -0.151 e. The summed E-state index contributed by atoms with van der Waals surface area (Å²) in [6.07, 6.45) is 0. The number of thiophene rings is 2. The Morgan fingerprint density at radius 2 is 1.15 bits per heavy atom. The average Bonchev–Trinajstić information content (AvgIpc) is 3.11. The Bertz CT molecular complexity index is 629. The molecule has 2 aromatic heterocycles. The fraction of sp³-hybridized carbons (Fsp3) is 0. The van der Waals surface area contributed by atoms with Gasteiger partial charge in [-0.25, -0.2) is 0 Å². The van der Waals surface area contributed by atoms with Crippen molar-refractivity contribution < 1.29 is 0 Å². The van der Waals surface area contributed by atoms with Crippen molar-refractivity contribution in [2.75, 3.05) is 0 Å². The molecule has 0 radical (unpaired) electrons. The Labute approximate surface area is 151 Å². The fourth-order valence-corrected chi connectivity index (χ4v) is 6.62. The number of hydrogen-bond donors (Lipinski definition) is 0. The van der Waals surface area contributed by atoms with E-state index < -0.39 is 0 Å². The molecule has 0 aliphatic carbocycles. The van der Waals surface area contributed by atoms with Gasteiger partial charge in [-0.1, -0.05) is 23.5 Å². The second-order valence-electron chi connectivity index (χ2n) is 3.81. The van der Waals surface area contributed by atoms with Crippen LogP contribution in [0.15, 0.2) is 74.3 Å². The molecule has 0 unspecified atom stereocenters. The van der Waals surface area contributed by atoms with Gasteiger partial charge in [-0.15, -0.1) is 0 Å². The van der Waals surface area contributed by atoms with E-state index in [9.17, 15) is 0 Å². The van der Waals surface area contributed by atoms with Crippen molar-refractivity contribution in [3.63, 3.8) is 0 Å². The minimum atomic E-state index is 1.13. The third-order valence-electron chi connectivity index (χ3n) is 2.45. The molecule has 0 saturated heterocycles. The smallest absolute Gasteiger partial charge is 0.0415 e. The van der Waals surface area contributed by atoms with Crippen LogP contribution >= 0.6 is 78.1 Å². The van der Waals surface area contributed by atoms with Crippen molar-refractivity contribution in [2.45, 2.75) is 19.6 Å². The average molecular weight is 464 g/mol. The van der Waals surface area contributed by atoms with E-state index in [1.807, 2.05) is 0 Å². The van der Waals surface area contributed by atoms with E-state index >= 15 is 0 Å². The lowest BCUT2D eigenvalue weighted by Crippen LogP contribution is -1.83. The van der Waals surface area contributed by atoms with Gasteiger partial charge in [0, 0.05) is 39.3 Å². The summed E-state index contributed by atoms with van der Waals surface area (Å²) in [6.45, 7) is 0. The maximum absolute atomic E-state index is 3.68. The van der Waals surface area contributed by atoms with E-state index in [0.29, 0.717) is 0 Å². The highest BCUT2D eigenvalue weighted by Crippen LogP contribution is 2.46. The molecule has 0 nitrogen and oxygen atoms in total. The first-order valence-electron chi connectivity index (χ1n) is 5.62. The van der Waals surface area contributed by atoms with Crippen molar-refractivity contribution in [3.05, 3.63) is 54.7 Å². The fourth-order valence-electron chi connectivity index (χ4n) is 1.56. The van der Waals surface area contributed by atoms with Gasteiger partial charge in [0.2, 0.25) is 0 Å². The Kier molecular flexibility index (Phi) is 5.34. The second-order valence-corrected chi connectivity index (χ2v) is 9.25. The molecule has 0 aliphatic heterocycles. The van der Waals surface area contributed by atoms with Gasteiger partial charge in [-0.05, 0) is 66.9 Å². The van der Waals surface area contributed by atoms with Gasteiger partial charge in [0.1, 0.15) is 0 Å². The Balaban J connectivity index is 2.00. The lowest BCUT2D eigenvalue weighted by Gasteiger charge is -2.11. The van der Waals surface area contributed by atoms with Gasteiger partial charge in [-0.2, -0.15) is 22.7 Å². The van der Waals surface area contributed by atoms with Gasteiger partial charge < -0.3 is 0 Å². The molecule has 3 aromatic rings. The maximum Gasteiger partial charge on any atom is 0.0415 e. The van der Waals surface area contributed by atoms with Gasteiger partial charge in [0.05, 0.1) is 0 Å². The van der Waals surface area contributed by atoms with Gasteiger partial charge >= 0.3 is 0 Å². The molecule has 0 amide bonds. The van der Waals surface area contributed by atoms with Crippen LogP contribution in [0.3, 0.4) is 0 Å². The van der Waals surface area contributed by atoms with Crippen LogP contribution in [0.4, 0.5) is 0 Å². The topological polar surface area (TPSA) is 0 Å². The first-order valence-corrected chi connectivity index (χ1v) is 10.7. The van der Waals surface area contributed by atoms with E-state index in [1.165, 1.54) is 19.6 Å². The highest BCUT2D eigenvalue weighted by Gasteiger charge is 2.14. The Morgan fingerprint density at radius 3 is 1.50 bits per heavy atom. The van der Waals surface area contributed by atoms with E-state index in [1.54, 1.807) is 46.2 Å². The van der Waals surface area contributed by atoms with Crippen LogP contribution in [0.25, 0.3) is 0 Å². The molecule has 3 rings (SSSR count). The summed E-state index contributed by atoms with van der Waals surface area (Å²) < 4.78 is 2.27. The molecule has 0 spiro atoms. The zero-order valence-corrected chi connectivity index (χ0v) is 16.4. The summed E-state index contributed by atoms with van der Waals surface area (Å²) in [5, 5.41) is 8.58. The highest BCUT2D eigenvalue weighted by molar-refractivity contribution is 9.11. The van der Waals surface area contributed by atoms with Crippen LogP contribution in [0.1, 0.15) is 0 Å². The number of halogens is 2. The van der Waals surface area contributed by atoms with Crippen molar-refractivity contribution in [2.24, 2.45) is 0 Å². The van der Waals surface area contributed by atoms with Crippen LogP contribution < -0.4 is 0 Å². The zero-order chi connectivity index (χ0) is 13.9. The maximum atomic E-state index is 3.68. The number of rotatable bonds is 4. The Morgan fingerprint density at radius 1 is 0.700 bits per heavy atom. The molecule has 0 N–H and O–H groups in total. The van der Waals surface area contributed by atoms with Crippen LogP contribution in [0, 0.1) is 0 Å². The van der Waals surface area contributed by atoms with Crippen molar-refractivity contribution in [3.8, 4) is 0 Å². The standard InChI is InChI=1S/C14H8Br2S4/c15-11-1-2-12(16)14(20-10-4-6-18-8-10)13(11)19-9-3-5-17-7-9/h1-8H. The normalized spacial score (nSPS) is 10.9. The monoisotopic (exact) mass is 462 g/mol. The largest absolute Gasteiger partial charge is 0.151 e. The van der Waals surface area contributed by atoms with Gasteiger partial charge in [0.25, 0.3) is 0 Å². The van der Waals surface area contributed by atoms with E-state index in [2.05, 4.69) is 77.6 Å². The van der Waals surface area contributed by atoms with Gasteiger partial charge in [0.15, 0.2) is 0 Å². The molecule has 0 saturated carbocycles. The molecule has 6 heteroatoms. The predicted octanol–water partition coefficient (Wildman–Crippen LogP) is 7.64. The van der Waals surface area contributed by atoms with Gasteiger partial charge in [-0.3, -0.25) is 0 Å². The molecular weight excluding hydrogens is 456 g/mol. The minimum absolute atomic E-state index is 1.13. The van der Waals surface area contributed by atoms with E-state index in [4.69, 9.17) is 0 Å². The molecule has 2 heterocycles. The molecule has 0 bridgehead atoms. The summed E-state index contributed by atoms with van der Waals surface area (Å²) in [7, 11) is 0. The van der Waals surface area contributed by atoms with Crippen LogP contribution in [0.2, 0.25) is 0 Å². The summed E-state index contributed by atoms with van der Waals surface area (Å²) in [4.78, 5) is 5.07. The molecule has 20 heavy (non-hydrogen) atoms. The third kappa shape index (κ3) is 3.54. The van der Waals surface area contributed by atoms with Crippen molar-refractivity contribution in [1.29, 1.82) is 0 Å². The summed E-state index contributed by atoms with van der Waals surface area (Å²) >= 11 is 14.4. The predicted molar refractivity (Wildman–Crippen MR) is 98.7 cm³/mol. The summed E-state index contributed by atoms with van der Waals surface area (Å²) in [6, 6.07) is 8.50. The highest BCUT2D eigenvalue weighted by atomic mass is 79.9. The van der Waals surface area contributed by atoms with Crippen LogP contribution in [-0.4, -0.2) is 0 Å². The molecule has 102 valence electrons. The first-order chi connectivity index (χ1) is 9.74. The second kappa shape index (κ2) is 7.03. The summed E-state index contributed by atoms with van der Waals surface area (Å²) in [5.74, 6) is 0. The summed E-state index contributed by atoms with van der Waals surface area (Å²) in [5.41, 5.74) is 0. The van der Waals surface area contributed by atoms with E-state index in [-0.39, 0.29) is 0 Å². The lowest BCUT2D eigenvalue weighted by molar-refractivity contribution is 1.18. The van der Waals surface area contributed by atoms with E-state index in [0.717, 1.165) is 8.95 Å². The number of hydrogen-bond acceptors (Lipinski definition) is 4. The molecule has 0 atom stereocenters. The van der Waals surface area contributed by atoms with Crippen LogP contribution in [-0.2, 0) is 0 Å². The molecular formula is C14H8Br2S4. The number of benzene rings is 1. The van der Waals surface area contributed by atoms with Crippen molar-refractivity contribution in [1.82, 2.24) is 0 Å². The molecule has 0 fully saturated rings. The van der Waals surface area contributed by atoms with Crippen molar-refractivity contribution >= 4 is 78.1 Å². The Hall–Kier alpha value is 0.280. The zero-order valence-electron chi connectivity index (χ0n) is 10.0. The quantitative estimate of drug-likeness (QED) is 0.389. The first kappa shape index (κ1) is 15.2. The van der Waals surface area contributed by atoms with Crippen LogP contribution in [0.5, 0.6) is 0 Å².